The Morgan fingerprint density at radius 2 is 2.13 bits per heavy atom. The van der Waals surface area contributed by atoms with Gasteiger partial charge in [-0.2, -0.15) is 4.39 Å². The number of nitrogens with zero attached hydrogens (tertiary/aromatic N) is 1. The number of anilines is 1. The lowest BCUT2D eigenvalue weighted by atomic mass is 9.86. The second kappa shape index (κ2) is 4.60. The highest BCUT2D eigenvalue weighted by molar-refractivity contribution is 5.35. The molecule has 1 aliphatic carbocycles. The summed E-state index contributed by atoms with van der Waals surface area (Å²) in [4.78, 5) is 3.82. The molecule has 0 spiro atoms. The standard InChI is InChI=1S/C12H17FN2/c1-9-5-2-3-6-10(9)14-12-8-4-7-11(13)15-12/h4,7-10H,2-3,5-6H2,1H3,(H,14,15)/t9-,10-/m1/s1. The van der Waals surface area contributed by atoms with Crippen molar-refractivity contribution in [1.29, 1.82) is 0 Å². The first kappa shape index (κ1) is 10.4. The third kappa shape index (κ3) is 2.67. The third-order valence-corrected chi connectivity index (χ3v) is 3.16. The first-order valence-electron chi connectivity index (χ1n) is 5.65. The molecule has 0 unspecified atom stereocenters. The Hall–Kier alpha value is -1.12. The van der Waals surface area contributed by atoms with E-state index in [9.17, 15) is 4.39 Å². The van der Waals surface area contributed by atoms with Crippen molar-refractivity contribution in [2.45, 2.75) is 38.6 Å². The smallest absolute Gasteiger partial charge is 0.214 e. The lowest BCUT2D eigenvalue weighted by molar-refractivity contribution is 0.348. The van der Waals surface area contributed by atoms with E-state index in [-0.39, 0.29) is 0 Å². The van der Waals surface area contributed by atoms with Crippen LogP contribution < -0.4 is 5.32 Å². The van der Waals surface area contributed by atoms with Crippen molar-refractivity contribution in [2.75, 3.05) is 5.32 Å². The maximum atomic E-state index is 12.9. The summed E-state index contributed by atoms with van der Waals surface area (Å²) in [7, 11) is 0. The SMILES string of the molecule is C[C@@H]1CCCC[C@H]1Nc1cccc(F)n1. The first-order chi connectivity index (χ1) is 7.25. The van der Waals surface area contributed by atoms with Crippen molar-refractivity contribution in [2.24, 2.45) is 5.92 Å². The van der Waals surface area contributed by atoms with Crippen LogP contribution >= 0.6 is 0 Å². The maximum absolute atomic E-state index is 12.9. The molecule has 15 heavy (non-hydrogen) atoms. The molecule has 0 aliphatic heterocycles. The predicted molar refractivity (Wildman–Crippen MR) is 59.2 cm³/mol. The average molecular weight is 208 g/mol. The Kier molecular flexibility index (Phi) is 3.19. The second-order valence-electron chi connectivity index (χ2n) is 4.36. The summed E-state index contributed by atoms with van der Waals surface area (Å²) in [5.41, 5.74) is 0. The molecule has 1 aliphatic rings. The molecule has 2 nitrogen and oxygen atoms in total. The molecule has 1 aromatic rings. The Balaban J connectivity index is 2.01. The monoisotopic (exact) mass is 208 g/mol. The van der Waals surface area contributed by atoms with Gasteiger partial charge in [0.05, 0.1) is 0 Å². The van der Waals surface area contributed by atoms with E-state index >= 15 is 0 Å². The molecule has 3 heteroatoms. The van der Waals surface area contributed by atoms with Gasteiger partial charge in [-0.1, -0.05) is 25.8 Å². The van der Waals surface area contributed by atoms with E-state index in [1.165, 1.54) is 31.7 Å². The van der Waals surface area contributed by atoms with Crippen LogP contribution in [0.3, 0.4) is 0 Å². The average Bonchev–Trinajstić information content (AvgIpc) is 2.22. The summed E-state index contributed by atoms with van der Waals surface area (Å²) in [5.74, 6) is 0.904. The van der Waals surface area contributed by atoms with Gasteiger partial charge in [0, 0.05) is 6.04 Å². The van der Waals surface area contributed by atoms with Gasteiger partial charge in [0.2, 0.25) is 5.95 Å². The van der Waals surface area contributed by atoms with Crippen LogP contribution in [0.4, 0.5) is 10.2 Å². The summed E-state index contributed by atoms with van der Waals surface area (Å²) in [6, 6.07) is 5.34. The minimum absolute atomic E-state index is 0.413. The Labute approximate surface area is 89.9 Å². The van der Waals surface area contributed by atoms with Gasteiger partial charge in [-0.15, -0.1) is 0 Å². The normalized spacial score (nSPS) is 26.3. The number of halogens is 1. The van der Waals surface area contributed by atoms with Gasteiger partial charge in [0.25, 0.3) is 0 Å². The van der Waals surface area contributed by atoms with E-state index in [1.807, 2.05) is 6.07 Å². The third-order valence-electron chi connectivity index (χ3n) is 3.16. The summed E-state index contributed by atoms with van der Waals surface area (Å²) >= 11 is 0. The zero-order valence-corrected chi connectivity index (χ0v) is 9.04. The van der Waals surface area contributed by atoms with Crippen LogP contribution in [-0.4, -0.2) is 11.0 Å². The number of hydrogen-bond acceptors (Lipinski definition) is 2. The topological polar surface area (TPSA) is 24.9 Å². The summed E-state index contributed by atoms with van der Waals surface area (Å²) in [5, 5.41) is 3.32. The highest BCUT2D eigenvalue weighted by Crippen LogP contribution is 2.26. The molecule has 0 amide bonds. The maximum Gasteiger partial charge on any atom is 0.214 e. The van der Waals surface area contributed by atoms with E-state index in [0.29, 0.717) is 17.8 Å². The van der Waals surface area contributed by atoms with E-state index in [0.717, 1.165) is 0 Å². The summed E-state index contributed by atoms with van der Waals surface area (Å²) in [6.45, 7) is 2.25. The molecule has 2 rings (SSSR count). The van der Waals surface area contributed by atoms with Crippen molar-refractivity contribution in [3.63, 3.8) is 0 Å². The highest BCUT2D eigenvalue weighted by Gasteiger charge is 2.21. The molecular formula is C12H17FN2. The highest BCUT2D eigenvalue weighted by atomic mass is 19.1. The summed E-state index contributed by atoms with van der Waals surface area (Å²) < 4.78 is 12.9. The van der Waals surface area contributed by atoms with Crippen molar-refractivity contribution < 1.29 is 4.39 Å². The lowest BCUT2D eigenvalue weighted by Crippen LogP contribution is -2.30. The van der Waals surface area contributed by atoms with Gasteiger partial charge in [-0.3, -0.25) is 0 Å². The van der Waals surface area contributed by atoms with Crippen molar-refractivity contribution >= 4 is 5.82 Å². The van der Waals surface area contributed by atoms with Crippen LogP contribution in [-0.2, 0) is 0 Å². The number of aromatic nitrogens is 1. The van der Waals surface area contributed by atoms with Crippen LogP contribution in [0.5, 0.6) is 0 Å². The molecule has 82 valence electrons. The molecule has 0 saturated heterocycles. The van der Waals surface area contributed by atoms with Crippen molar-refractivity contribution in [3.8, 4) is 0 Å². The molecule has 1 saturated carbocycles. The fourth-order valence-corrected chi connectivity index (χ4v) is 2.21. The zero-order valence-electron chi connectivity index (χ0n) is 9.04. The van der Waals surface area contributed by atoms with Crippen LogP contribution in [0.25, 0.3) is 0 Å². The Morgan fingerprint density at radius 3 is 2.87 bits per heavy atom. The lowest BCUT2D eigenvalue weighted by Gasteiger charge is -2.29. The van der Waals surface area contributed by atoms with Gasteiger partial charge in [0.1, 0.15) is 5.82 Å². The molecule has 0 bridgehead atoms. The minimum Gasteiger partial charge on any atom is -0.367 e. The van der Waals surface area contributed by atoms with E-state index in [1.54, 1.807) is 6.07 Å². The molecular weight excluding hydrogens is 191 g/mol. The molecule has 1 fully saturated rings. The van der Waals surface area contributed by atoms with Crippen molar-refractivity contribution in [1.82, 2.24) is 4.98 Å². The predicted octanol–water partition coefficient (Wildman–Crippen LogP) is 3.21. The van der Waals surface area contributed by atoms with Crippen LogP contribution in [0, 0.1) is 11.9 Å². The molecule has 1 heterocycles. The summed E-state index contributed by atoms with van der Waals surface area (Å²) in [6.07, 6.45) is 5.00. The Bertz CT molecular complexity index is 327. The quantitative estimate of drug-likeness (QED) is 0.755. The van der Waals surface area contributed by atoms with E-state index in [4.69, 9.17) is 0 Å². The van der Waals surface area contributed by atoms with E-state index in [2.05, 4.69) is 17.2 Å². The number of hydrogen-bond donors (Lipinski definition) is 1. The number of nitrogens with one attached hydrogen (secondary N) is 1. The second-order valence-corrected chi connectivity index (χ2v) is 4.36. The molecule has 1 N–H and O–H groups in total. The van der Waals surface area contributed by atoms with Crippen LogP contribution in [0.1, 0.15) is 32.6 Å². The van der Waals surface area contributed by atoms with Gasteiger partial charge in [-0.05, 0) is 30.9 Å². The van der Waals surface area contributed by atoms with Gasteiger partial charge in [-0.25, -0.2) is 4.98 Å². The fourth-order valence-electron chi connectivity index (χ4n) is 2.21. The molecule has 0 radical (unpaired) electrons. The van der Waals surface area contributed by atoms with Gasteiger partial charge >= 0.3 is 0 Å². The minimum atomic E-state index is -0.413. The molecule has 2 atom stereocenters. The first-order valence-corrected chi connectivity index (χ1v) is 5.65. The van der Waals surface area contributed by atoms with E-state index < -0.39 is 5.95 Å². The van der Waals surface area contributed by atoms with Crippen LogP contribution in [0.2, 0.25) is 0 Å². The Morgan fingerprint density at radius 1 is 1.33 bits per heavy atom. The number of pyridine rings is 1. The van der Waals surface area contributed by atoms with Crippen molar-refractivity contribution in [3.05, 3.63) is 24.1 Å². The number of rotatable bonds is 2. The van der Waals surface area contributed by atoms with Crippen LogP contribution in [0.15, 0.2) is 18.2 Å². The molecule has 0 aromatic carbocycles. The largest absolute Gasteiger partial charge is 0.367 e. The fraction of sp³-hybridized carbons (Fsp3) is 0.583. The van der Waals surface area contributed by atoms with Gasteiger partial charge < -0.3 is 5.32 Å². The molecule has 1 aromatic heterocycles. The zero-order chi connectivity index (χ0) is 10.7. The van der Waals surface area contributed by atoms with Gasteiger partial charge in [0.15, 0.2) is 0 Å².